The van der Waals surface area contributed by atoms with Crippen molar-refractivity contribution in [1.82, 2.24) is 20.2 Å². The van der Waals surface area contributed by atoms with E-state index in [9.17, 15) is 9.59 Å². The number of aryl methyl sites for hydroxylation is 1. The van der Waals surface area contributed by atoms with E-state index in [1.54, 1.807) is 23.4 Å². The Morgan fingerprint density at radius 3 is 2.40 bits per heavy atom. The number of benzene rings is 1. The van der Waals surface area contributed by atoms with Crippen molar-refractivity contribution in [1.29, 1.82) is 0 Å². The Morgan fingerprint density at radius 1 is 1.04 bits per heavy atom. The molecular formula is C18H21N5O2. The zero-order valence-electron chi connectivity index (χ0n) is 14.2. The summed E-state index contributed by atoms with van der Waals surface area (Å²) in [5.74, 6) is -0.395. The second-order valence-corrected chi connectivity index (χ2v) is 5.94. The van der Waals surface area contributed by atoms with Crippen LogP contribution in [-0.4, -0.2) is 52.9 Å². The first-order valence-electron chi connectivity index (χ1n) is 8.29. The van der Waals surface area contributed by atoms with Gasteiger partial charge in [-0.1, -0.05) is 24.3 Å². The van der Waals surface area contributed by atoms with Crippen molar-refractivity contribution in [3.63, 3.8) is 0 Å². The number of anilines is 1. The Balaban J connectivity index is 1.50. The van der Waals surface area contributed by atoms with Crippen LogP contribution >= 0.6 is 0 Å². The first kappa shape index (κ1) is 16.9. The highest BCUT2D eigenvalue weighted by Gasteiger charge is 2.26. The van der Waals surface area contributed by atoms with Crippen molar-refractivity contribution < 1.29 is 9.59 Å². The fourth-order valence-corrected chi connectivity index (χ4v) is 2.77. The lowest BCUT2D eigenvalue weighted by molar-refractivity contribution is -0.146. The molecule has 1 fully saturated rings. The summed E-state index contributed by atoms with van der Waals surface area (Å²) in [6, 6.07) is 9.55. The van der Waals surface area contributed by atoms with Crippen molar-refractivity contribution in [2.24, 2.45) is 0 Å². The standard InChI is InChI=1S/C18H21N5O2/c1-14-5-2-3-6-15(14)13-21-16(24)17(25)22-9-11-23(12-10-22)18-19-7-4-8-20-18/h2-8H,9-13H2,1H3,(H,21,24). The van der Waals surface area contributed by atoms with Crippen LogP contribution in [0.1, 0.15) is 11.1 Å². The van der Waals surface area contributed by atoms with E-state index in [-0.39, 0.29) is 0 Å². The summed E-state index contributed by atoms with van der Waals surface area (Å²) >= 11 is 0. The molecular weight excluding hydrogens is 318 g/mol. The number of hydrogen-bond acceptors (Lipinski definition) is 5. The van der Waals surface area contributed by atoms with Crippen LogP contribution in [-0.2, 0) is 16.1 Å². The van der Waals surface area contributed by atoms with E-state index in [0.29, 0.717) is 38.7 Å². The molecule has 7 heteroatoms. The largest absolute Gasteiger partial charge is 0.344 e. The molecule has 2 aromatic rings. The van der Waals surface area contributed by atoms with Crippen LogP contribution in [0, 0.1) is 6.92 Å². The first-order valence-corrected chi connectivity index (χ1v) is 8.29. The summed E-state index contributed by atoms with van der Waals surface area (Å²) in [6.45, 7) is 4.52. The van der Waals surface area contributed by atoms with E-state index in [1.165, 1.54) is 0 Å². The Kier molecular flexibility index (Phi) is 5.23. The highest BCUT2D eigenvalue weighted by Crippen LogP contribution is 2.10. The predicted octanol–water partition coefficient (Wildman–Crippen LogP) is 0.750. The van der Waals surface area contributed by atoms with Crippen LogP contribution in [0.4, 0.5) is 5.95 Å². The van der Waals surface area contributed by atoms with Crippen LogP contribution in [0.2, 0.25) is 0 Å². The van der Waals surface area contributed by atoms with Gasteiger partial charge < -0.3 is 15.1 Å². The number of aromatic nitrogens is 2. The van der Waals surface area contributed by atoms with Gasteiger partial charge in [-0.15, -0.1) is 0 Å². The van der Waals surface area contributed by atoms with Crippen LogP contribution in [0.5, 0.6) is 0 Å². The quantitative estimate of drug-likeness (QED) is 0.835. The predicted molar refractivity (Wildman–Crippen MR) is 93.9 cm³/mol. The molecule has 1 saturated heterocycles. The Hall–Kier alpha value is -2.96. The third-order valence-electron chi connectivity index (χ3n) is 4.30. The van der Waals surface area contributed by atoms with Crippen LogP contribution in [0.15, 0.2) is 42.7 Å². The fraction of sp³-hybridized carbons (Fsp3) is 0.333. The molecule has 0 aliphatic carbocycles. The normalized spacial score (nSPS) is 14.3. The van der Waals surface area contributed by atoms with Gasteiger partial charge in [-0.25, -0.2) is 9.97 Å². The minimum absolute atomic E-state index is 0.356. The number of nitrogens with one attached hydrogen (secondary N) is 1. The smallest absolute Gasteiger partial charge is 0.312 e. The van der Waals surface area contributed by atoms with Crippen molar-refractivity contribution in [3.05, 3.63) is 53.9 Å². The molecule has 1 aromatic heterocycles. The topological polar surface area (TPSA) is 78.4 Å². The molecule has 0 radical (unpaired) electrons. The molecule has 0 spiro atoms. The number of nitrogens with zero attached hydrogens (tertiary/aromatic N) is 4. The molecule has 25 heavy (non-hydrogen) atoms. The minimum Gasteiger partial charge on any atom is -0.344 e. The molecule has 1 aliphatic rings. The number of piperazine rings is 1. The molecule has 0 saturated carbocycles. The van der Waals surface area contributed by atoms with E-state index in [4.69, 9.17) is 0 Å². The lowest BCUT2D eigenvalue weighted by atomic mass is 10.1. The lowest BCUT2D eigenvalue weighted by Crippen LogP contribution is -2.53. The Bertz CT molecular complexity index is 742. The molecule has 0 atom stereocenters. The average molecular weight is 339 g/mol. The number of hydrogen-bond donors (Lipinski definition) is 1. The molecule has 0 bridgehead atoms. The summed E-state index contributed by atoms with van der Waals surface area (Å²) in [5, 5.41) is 2.71. The molecule has 3 rings (SSSR count). The van der Waals surface area contributed by atoms with E-state index in [1.807, 2.05) is 36.1 Å². The molecule has 1 N–H and O–H groups in total. The monoisotopic (exact) mass is 339 g/mol. The fourth-order valence-electron chi connectivity index (χ4n) is 2.77. The molecule has 0 unspecified atom stereocenters. The Labute approximate surface area is 146 Å². The Morgan fingerprint density at radius 2 is 1.72 bits per heavy atom. The second-order valence-electron chi connectivity index (χ2n) is 5.94. The van der Waals surface area contributed by atoms with E-state index in [0.717, 1.165) is 11.1 Å². The lowest BCUT2D eigenvalue weighted by Gasteiger charge is -2.34. The van der Waals surface area contributed by atoms with Gasteiger partial charge in [-0.2, -0.15) is 0 Å². The molecule has 2 heterocycles. The molecule has 7 nitrogen and oxygen atoms in total. The molecule has 2 amide bonds. The molecule has 1 aliphatic heterocycles. The van der Waals surface area contributed by atoms with Crippen molar-refractivity contribution in [3.8, 4) is 0 Å². The van der Waals surface area contributed by atoms with E-state index < -0.39 is 11.8 Å². The number of amides is 2. The van der Waals surface area contributed by atoms with Gasteiger partial charge in [-0.05, 0) is 24.1 Å². The zero-order chi connectivity index (χ0) is 17.6. The highest BCUT2D eigenvalue weighted by atomic mass is 16.2. The van der Waals surface area contributed by atoms with Gasteiger partial charge in [0.1, 0.15) is 0 Å². The summed E-state index contributed by atoms with van der Waals surface area (Å²) in [5.41, 5.74) is 2.10. The van der Waals surface area contributed by atoms with Crippen LogP contribution < -0.4 is 10.2 Å². The van der Waals surface area contributed by atoms with E-state index >= 15 is 0 Å². The van der Waals surface area contributed by atoms with E-state index in [2.05, 4.69) is 15.3 Å². The summed E-state index contributed by atoms with van der Waals surface area (Å²) in [6.07, 6.45) is 3.39. The van der Waals surface area contributed by atoms with Crippen molar-refractivity contribution in [2.75, 3.05) is 31.1 Å². The van der Waals surface area contributed by atoms with Gasteiger partial charge in [0.15, 0.2) is 0 Å². The third-order valence-corrected chi connectivity index (χ3v) is 4.30. The van der Waals surface area contributed by atoms with Crippen LogP contribution in [0.25, 0.3) is 0 Å². The summed E-state index contributed by atoms with van der Waals surface area (Å²) in [7, 11) is 0. The van der Waals surface area contributed by atoms with Gasteiger partial charge >= 0.3 is 11.8 Å². The zero-order valence-corrected chi connectivity index (χ0v) is 14.2. The molecule has 130 valence electrons. The SMILES string of the molecule is Cc1ccccc1CNC(=O)C(=O)N1CCN(c2ncccn2)CC1. The van der Waals surface area contributed by atoms with Crippen molar-refractivity contribution in [2.45, 2.75) is 13.5 Å². The second kappa shape index (κ2) is 7.74. The van der Waals surface area contributed by atoms with Gasteiger partial charge in [0, 0.05) is 45.1 Å². The summed E-state index contributed by atoms with van der Waals surface area (Å²) < 4.78 is 0. The van der Waals surface area contributed by atoms with Gasteiger partial charge in [0.2, 0.25) is 5.95 Å². The maximum Gasteiger partial charge on any atom is 0.312 e. The number of carbonyl (C=O) groups excluding carboxylic acids is 2. The van der Waals surface area contributed by atoms with Gasteiger partial charge in [0.25, 0.3) is 0 Å². The number of carbonyl (C=O) groups is 2. The van der Waals surface area contributed by atoms with Crippen LogP contribution in [0.3, 0.4) is 0 Å². The molecule has 1 aromatic carbocycles. The van der Waals surface area contributed by atoms with Crippen molar-refractivity contribution >= 4 is 17.8 Å². The first-order chi connectivity index (χ1) is 12.1. The minimum atomic E-state index is -0.562. The van der Waals surface area contributed by atoms with Gasteiger partial charge in [-0.3, -0.25) is 9.59 Å². The third kappa shape index (κ3) is 4.12. The maximum atomic E-state index is 12.3. The maximum absolute atomic E-state index is 12.3. The average Bonchev–Trinajstić information content (AvgIpc) is 2.67. The number of rotatable bonds is 3. The highest BCUT2D eigenvalue weighted by molar-refractivity contribution is 6.35. The van der Waals surface area contributed by atoms with Gasteiger partial charge in [0.05, 0.1) is 0 Å². The summed E-state index contributed by atoms with van der Waals surface area (Å²) in [4.78, 5) is 36.5.